The molecule has 0 fully saturated rings. The standard InChI is InChI=1S/C16H12FNO2/c1-9-7-15-14(8-13(9)10(2)19)18-16(20-15)11-3-5-12(17)6-4-11/h3-8H,1-2H3. The molecule has 0 saturated heterocycles. The molecule has 0 unspecified atom stereocenters. The van der Waals surface area contributed by atoms with Crippen LogP contribution >= 0.6 is 0 Å². The van der Waals surface area contributed by atoms with Crippen molar-refractivity contribution in [2.75, 3.05) is 0 Å². The second-order valence-corrected chi connectivity index (χ2v) is 4.72. The molecule has 0 aliphatic rings. The summed E-state index contributed by atoms with van der Waals surface area (Å²) in [7, 11) is 0. The third-order valence-corrected chi connectivity index (χ3v) is 3.21. The molecule has 100 valence electrons. The molecule has 4 heteroatoms. The second-order valence-electron chi connectivity index (χ2n) is 4.72. The quantitative estimate of drug-likeness (QED) is 0.656. The largest absolute Gasteiger partial charge is 0.436 e. The highest BCUT2D eigenvalue weighted by Gasteiger charge is 2.12. The number of ketones is 1. The highest BCUT2D eigenvalue weighted by Crippen LogP contribution is 2.26. The van der Waals surface area contributed by atoms with Gasteiger partial charge in [0, 0.05) is 11.1 Å². The fraction of sp³-hybridized carbons (Fsp3) is 0.125. The summed E-state index contributed by atoms with van der Waals surface area (Å²) in [5.41, 5.74) is 3.43. The average molecular weight is 269 g/mol. The van der Waals surface area contributed by atoms with E-state index in [9.17, 15) is 9.18 Å². The molecule has 0 amide bonds. The van der Waals surface area contributed by atoms with Gasteiger partial charge >= 0.3 is 0 Å². The van der Waals surface area contributed by atoms with Gasteiger partial charge < -0.3 is 4.42 Å². The summed E-state index contributed by atoms with van der Waals surface area (Å²) in [4.78, 5) is 15.9. The number of carbonyl (C=O) groups is 1. The monoisotopic (exact) mass is 269 g/mol. The van der Waals surface area contributed by atoms with Gasteiger partial charge in [0.1, 0.15) is 11.3 Å². The van der Waals surface area contributed by atoms with E-state index in [2.05, 4.69) is 4.98 Å². The van der Waals surface area contributed by atoms with Crippen LogP contribution < -0.4 is 0 Å². The molecule has 1 aromatic heterocycles. The molecule has 0 aliphatic carbocycles. The number of hydrogen-bond donors (Lipinski definition) is 0. The Kier molecular flexibility index (Phi) is 2.86. The van der Waals surface area contributed by atoms with Crippen LogP contribution in [0, 0.1) is 12.7 Å². The number of aryl methyl sites for hydroxylation is 1. The maximum absolute atomic E-state index is 12.9. The number of benzene rings is 2. The first-order chi connectivity index (χ1) is 9.54. The summed E-state index contributed by atoms with van der Waals surface area (Å²) >= 11 is 0. The van der Waals surface area contributed by atoms with Gasteiger partial charge in [-0.3, -0.25) is 4.79 Å². The normalized spacial score (nSPS) is 10.9. The van der Waals surface area contributed by atoms with E-state index in [0.29, 0.717) is 28.1 Å². The van der Waals surface area contributed by atoms with Gasteiger partial charge in [0.25, 0.3) is 0 Å². The number of nitrogens with zero attached hydrogens (tertiary/aromatic N) is 1. The van der Waals surface area contributed by atoms with E-state index in [1.807, 2.05) is 6.92 Å². The lowest BCUT2D eigenvalue weighted by Gasteiger charge is -1.99. The summed E-state index contributed by atoms with van der Waals surface area (Å²) in [6.07, 6.45) is 0. The Morgan fingerprint density at radius 3 is 2.55 bits per heavy atom. The van der Waals surface area contributed by atoms with Crippen LogP contribution in [0.3, 0.4) is 0 Å². The van der Waals surface area contributed by atoms with Crippen LogP contribution in [0.2, 0.25) is 0 Å². The van der Waals surface area contributed by atoms with Gasteiger partial charge in [-0.25, -0.2) is 9.37 Å². The minimum Gasteiger partial charge on any atom is -0.436 e. The van der Waals surface area contributed by atoms with Gasteiger partial charge in [-0.2, -0.15) is 0 Å². The van der Waals surface area contributed by atoms with Crippen LogP contribution in [0.25, 0.3) is 22.6 Å². The first-order valence-electron chi connectivity index (χ1n) is 6.22. The van der Waals surface area contributed by atoms with Gasteiger partial charge in [0.2, 0.25) is 5.89 Å². The van der Waals surface area contributed by atoms with Crippen LogP contribution in [0.4, 0.5) is 4.39 Å². The Morgan fingerprint density at radius 2 is 1.90 bits per heavy atom. The minimum atomic E-state index is -0.306. The van der Waals surface area contributed by atoms with Crippen molar-refractivity contribution in [2.24, 2.45) is 0 Å². The summed E-state index contributed by atoms with van der Waals surface area (Å²) in [6, 6.07) is 9.46. The molecule has 3 aromatic rings. The summed E-state index contributed by atoms with van der Waals surface area (Å²) in [5.74, 6) is 0.107. The maximum Gasteiger partial charge on any atom is 0.227 e. The maximum atomic E-state index is 12.9. The molecule has 0 aliphatic heterocycles. The predicted molar refractivity (Wildman–Crippen MR) is 74.1 cm³/mol. The molecule has 0 atom stereocenters. The molecular weight excluding hydrogens is 257 g/mol. The number of fused-ring (bicyclic) bond motifs is 1. The third-order valence-electron chi connectivity index (χ3n) is 3.21. The first kappa shape index (κ1) is 12.5. The van der Waals surface area contributed by atoms with E-state index in [0.717, 1.165) is 5.56 Å². The Labute approximate surface area is 115 Å². The van der Waals surface area contributed by atoms with Gasteiger partial charge in [-0.15, -0.1) is 0 Å². The summed E-state index contributed by atoms with van der Waals surface area (Å²) < 4.78 is 18.6. The molecule has 2 aromatic carbocycles. The van der Waals surface area contributed by atoms with Crippen molar-refractivity contribution in [3.05, 3.63) is 53.3 Å². The van der Waals surface area contributed by atoms with Crippen LogP contribution in [0.1, 0.15) is 22.8 Å². The second kappa shape index (κ2) is 4.56. The molecule has 3 rings (SSSR count). The first-order valence-corrected chi connectivity index (χ1v) is 6.22. The Balaban J connectivity index is 2.15. The number of aromatic nitrogens is 1. The lowest BCUT2D eigenvalue weighted by Crippen LogP contribution is -1.95. The fourth-order valence-corrected chi connectivity index (χ4v) is 2.17. The van der Waals surface area contributed by atoms with Gasteiger partial charge in [0.05, 0.1) is 0 Å². The van der Waals surface area contributed by atoms with Crippen LogP contribution in [-0.4, -0.2) is 10.8 Å². The molecule has 0 radical (unpaired) electrons. The molecule has 0 spiro atoms. The highest BCUT2D eigenvalue weighted by atomic mass is 19.1. The molecule has 0 bridgehead atoms. The van der Waals surface area contributed by atoms with Gasteiger partial charge in [-0.05, 0) is 55.8 Å². The predicted octanol–water partition coefficient (Wildman–Crippen LogP) is 4.14. The summed E-state index contributed by atoms with van der Waals surface area (Å²) in [5, 5.41) is 0. The smallest absolute Gasteiger partial charge is 0.227 e. The minimum absolute atomic E-state index is 0.00395. The van der Waals surface area contributed by atoms with Crippen molar-refractivity contribution in [3.8, 4) is 11.5 Å². The molecule has 1 heterocycles. The number of hydrogen-bond acceptors (Lipinski definition) is 3. The molecule has 20 heavy (non-hydrogen) atoms. The Bertz CT molecular complexity index is 803. The van der Waals surface area contributed by atoms with Crippen molar-refractivity contribution >= 4 is 16.9 Å². The zero-order valence-corrected chi connectivity index (χ0v) is 11.1. The van der Waals surface area contributed by atoms with E-state index in [1.54, 1.807) is 24.3 Å². The number of halogens is 1. The number of Topliss-reactive ketones (excluding diaryl/α,β-unsaturated/α-hetero) is 1. The Morgan fingerprint density at radius 1 is 1.20 bits per heavy atom. The van der Waals surface area contributed by atoms with Crippen molar-refractivity contribution in [1.29, 1.82) is 0 Å². The van der Waals surface area contributed by atoms with Crippen LogP contribution in [0.15, 0.2) is 40.8 Å². The van der Waals surface area contributed by atoms with Crippen molar-refractivity contribution in [2.45, 2.75) is 13.8 Å². The lowest BCUT2D eigenvalue weighted by molar-refractivity contribution is 0.101. The number of rotatable bonds is 2. The molecule has 0 N–H and O–H groups in total. The van der Waals surface area contributed by atoms with Crippen molar-refractivity contribution in [3.63, 3.8) is 0 Å². The Hall–Kier alpha value is -2.49. The van der Waals surface area contributed by atoms with Crippen molar-refractivity contribution in [1.82, 2.24) is 4.98 Å². The number of carbonyl (C=O) groups excluding carboxylic acids is 1. The van der Waals surface area contributed by atoms with Crippen LogP contribution in [0.5, 0.6) is 0 Å². The van der Waals surface area contributed by atoms with Gasteiger partial charge in [0.15, 0.2) is 11.4 Å². The van der Waals surface area contributed by atoms with Crippen LogP contribution in [-0.2, 0) is 0 Å². The van der Waals surface area contributed by atoms with E-state index < -0.39 is 0 Å². The fourth-order valence-electron chi connectivity index (χ4n) is 2.17. The van der Waals surface area contributed by atoms with Crippen molar-refractivity contribution < 1.29 is 13.6 Å². The SMILES string of the molecule is CC(=O)c1cc2nc(-c3ccc(F)cc3)oc2cc1C. The van der Waals surface area contributed by atoms with E-state index >= 15 is 0 Å². The van der Waals surface area contributed by atoms with E-state index in [1.165, 1.54) is 19.1 Å². The lowest BCUT2D eigenvalue weighted by atomic mass is 10.1. The highest BCUT2D eigenvalue weighted by molar-refractivity contribution is 5.98. The average Bonchev–Trinajstić information content (AvgIpc) is 2.81. The molecular formula is C16H12FNO2. The van der Waals surface area contributed by atoms with E-state index in [4.69, 9.17) is 4.42 Å². The molecule has 3 nitrogen and oxygen atoms in total. The summed E-state index contributed by atoms with van der Waals surface area (Å²) in [6.45, 7) is 3.38. The number of oxazole rings is 1. The topological polar surface area (TPSA) is 43.1 Å². The molecule has 0 saturated carbocycles. The zero-order chi connectivity index (χ0) is 14.3. The van der Waals surface area contributed by atoms with E-state index in [-0.39, 0.29) is 11.6 Å². The van der Waals surface area contributed by atoms with Gasteiger partial charge in [-0.1, -0.05) is 0 Å². The third kappa shape index (κ3) is 2.09. The zero-order valence-electron chi connectivity index (χ0n) is 11.1.